The number of hydrogen-bond donors (Lipinski definition) is 0. The number of esters is 1. The highest BCUT2D eigenvalue weighted by Crippen LogP contribution is 2.21. The van der Waals surface area contributed by atoms with E-state index in [2.05, 4.69) is 0 Å². The fourth-order valence-corrected chi connectivity index (χ4v) is 1.97. The van der Waals surface area contributed by atoms with E-state index in [4.69, 9.17) is 16.3 Å². The second-order valence-corrected chi connectivity index (χ2v) is 4.69. The molecule has 0 aliphatic rings. The van der Waals surface area contributed by atoms with Gasteiger partial charge in [-0.25, -0.2) is 8.78 Å². The van der Waals surface area contributed by atoms with Crippen molar-refractivity contribution in [3.05, 3.63) is 34.4 Å². The molecule has 0 bridgehead atoms. The molecule has 0 radical (unpaired) electrons. The Morgan fingerprint density at radius 1 is 1.24 bits per heavy atom. The molecule has 0 spiro atoms. The van der Waals surface area contributed by atoms with Crippen LogP contribution in [0.5, 0.6) is 0 Å². The summed E-state index contributed by atoms with van der Waals surface area (Å²) in [5.41, 5.74) is -0.187. The predicted molar refractivity (Wildman–Crippen MR) is 74.2 cm³/mol. The van der Waals surface area contributed by atoms with Gasteiger partial charge in [0.25, 0.3) is 5.91 Å². The second kappa shape index (κ2) is 7.93. The van der Waals surface area contributed by atoms with E-state index in [1.54, 1.807) is 6.92 Å². The minimum atomic E-state index is -1.17. The number of nitrogens with zero attached hydrogens (tertiary/aromatic N) is 1. The molecule has 7 heteroatoms. The Bertz CT molecular complexity index is 537. The number of rotatable bonds is 6. The Hall–Kier alpha value is -1.69. The molecule has 0 heterocycles. The molecule has 4 nitrogen and oxygen atoms in total. The lowest BCUT2D eigenvalue weighted by atomic mass is 10.1. The summed E-state index contributed by atoms with van der Waals surface area (Å²) in [6.07, 6.45) is 0.590. The average Bonchev–Trinajstić information content (AvgIpc) is 2.42. The van der Waals surface area contributed by atoms with Gasteiger partial charge in [0.2, 0.25) is 0 Å². The van der Waals surface area contributed by atoms with Gasteiger partial charge in [0.1, 0.15) is 6.54 Å². The fraction of sp³-hybridized carbons (Fsp3) is 0.429. The smallest absolute Gasteiger partial charge is 0.325 e. The van der Waals surface area contributed by atoms with Crippen LogP contribution < -0.4 is 0 Å². The maximum Gasteiger partial charge on any atom is 0.325 e. The Morgan fingerprint density at radius 2 is 1.86 bits per heavy atom. The molecule has 0 aliphatic heterocycles. The van der Waals surface area contributed by atoms with Crippen molar-refractivity contribution in [2.45, 2.75) is 20.3 Å². The molecule has 1 rings (SSSR count). The summed E-state index contributed by atoms with van der Waals surface area (Å²) in [5.74, 6) is -3.52. The van der Waals surface area contributed by atoms with E-state index in [9.17, 15) is 18.4 Å². The van der Waals surface area contributed by atoms with Crippen LogP contribution in [-0.4, -0.2) is 36.5 Å². The quantitative estimate of drug-likeness (QED) is 0.598. The van der Waals surface area contributed by atoms with Crippen LogP contribution in [0.15, 0.2) is 12.1 Å². The van der Waals surface area contributed by atoms with Crippen molar-refractivity contribution in [2.24, 2.45) is 0 Å². The highest BCUT2D eigenvalue weighted by atomic mass is 35.5. The molecular formula is C14H16ClF2NO3. The summed E-state index contributed by atoms with van der Waals surface area (Å²) in [4.78, 5) is 25.0. The summed E-state index contributed by atoms with van der Waals surface area (Å²) in [5, 5.41) is -0.205. The molecule has 0 aromatic heterocycles. The number of benzene rings is 1. The number of carbonyl (C=O) groups is 2. The minimum absolute atomic E-state index is 0.187. The highest BCUT2D eigenvalue weighted by Gasteiger charge is 2.22. The Labute approximate surface area is 126 Å². The zero-order valence-electron chi connectivity index (χ0n) is 11.8. The first-order valence-electron chi connectivity index (χ1n) is 6.50. The van der Waals surface area contributed by atoms with E-state index >= 15 is 0 Å². The molecule has 0 saturated carbocycles. The standard InChI is InChI=1S/C14H16ClF2NO3/c1-3-5-18(8-13(19)21-4-2)14(20)9-6-11(16)12(17)7-10(9)15/h6-7H,3-5,8H2,1-2H3. The van der Waals surface area contributed by atoms with Crippen LogP contribution in [0.3, 0.4) is 0 Å². The lowest BCUT2D eigenvalue weighted by Gasteiger charge is -2.21. The van der Waals surface area contributed by atoms with Crippen molar-refractivity contribution in [3.63, 3.8) is 0 Å². The van der Waals surface area contributed by atoms with Gasteiger partial charge >= 0.3 is 5.97 Å². The summed E-state index contributed by atoms with van der Waals surface area (Å²) in [6.45, 7) is 3.66. The van der Waals surface area contributed by atoms with Crippen LogP contribution >= 0.6 is 11.6 Å². The Morgan fingerprint density at radius 3 is 2.43 bits per heavy atom. The number of amides is 1. The van der Waals surface area contributed by atoms with E-state index < -0.39 is 23.5 Å². The van der Waals surface area contributed by atoms with Gasteiger partial charge in [-0.15, -0.1) is 0 Å². The van der Waals surface area contributed by atoms with Crippen LogP contribution in [0.4, 0.5) is 8.78 Å². The van der Waals surface area contributed by atoms with Crippen molar-refractivity contribution in [1.82, 2.24) is 4.90 Å². The van der Waals surface area contributed by atoms with Crippen LogP contribution in [0.25, 0.3) is 0 Å². The third-order valence-electron chi connectivity index (χ3n) is 2.65. The average molecular weight is 320 g/mol. The van der Waals surface area contributed by atoms with E-state index in [1.807, 2.05) is 6.92 Å². The molecule has 116 valence electrons. The number of halogens is 3. The molecule has 1 aromatic rings. The van der Waals surface area contributed by atoms with E-state index in [0.29, 0.717) is 6.42 Å². The first-order chi connectivity index (χ1) is 9.90. The predicted octanol–water partition coefficient (Wildman–Crippen LogP) is 3.03. The second-order valence-electron chi connectivity index (χ2n) is 4.28. The zero-order chi connectivity index (χ0) is 16.0. The van der Waals surface area contributed by atoms with Gasteiger partial charge in [-0.2, -0.15) is 0 Å². The molecule has 1 amide bonds. The Kier molecular flexibility index (Phi) is 6.55. The van der Waals surface area contributed by atoms with Crippen LogP contribution in [0.2, 0.25) is 5.02 Å². The SMILES string of the molecule is CCCN(CC(=O)OCC)C(=O)c1cc(F)c(F)cc1Cl. The van der Waals surface area contributed by atoms with Crippen LogP contribution in [0.1, 0.15) is 30.6 Å². The van der Waals surface area contributed by atoms with Gasteiger partial charge in [0.05, 0.1) is 17.2 Å². The normalized spacial score (nSPS) is 10.3. The fourth-order valence-electron chi connectivity index (χ4n) is 1.74. The van der Waals surface area contributed by atoms with Crippen LogP contribution in [-0.2, 0) is 9.53 Å². The van der Waals surface area contributed by atoms with Gasteiger partial charge in [0.15, 0.2) is 11.6 Å². The van der Waals surface area contributed by atoms with Crippen molar-refractivity contribution in [3.8, 4) is 0 Å². The lowest BCUT2D eigenvalue weighted by molar-refractivity contribution is -0.143. The molecule has 0 fully saturated rings. The molecule has 0 atom stereocenters. The molecule has 1 aromatic carbocycles. The first-order valence-corrected chi connectivity index (χ1v) is 6.87. The van der Waals surface area contributed by atoms with Gasteiger partial charge in [-0.1, -0.05) is 18.5 Å². The van der Waals surface area contributed by atoms with Crippen molar-refractivity contribution < 1.29 is 23.1 Å². The molecule has 21 heavy (non-hydrogen) atoms. The minimum Gasteiger partial charge on any atom is -0.465 e. The maximum absolute atomic E-state index is 13.3. The largest absolute Gasteiger partial charge is 0.465 e. The van der Waals surface area contributed by atoms with Gasteiger partial charge in [0, 0.05) is 6.54 Å². The molecule has 0 N–H and O–H groups in total. The van der Waals surface area contributed by atoms with Gasteiger partial charge in [-0.05, 0) is 25.5 Å². The monoisotopic (exact) mass is 319 g/mol. The molecule has 0 aliphatic carbocycles. The topological polar surface area (TPSA) is 46.6 Å². The first kappa shape index (κ1) is 17.4. The summed E-state index contributed by atoms with van der Waals surface area (Å²) in [6, 6.07) is 1.46. The molecular weight excluding hydrogens is 304 g/mol. The third-order valence-corrected chi connectivity index (χ3v) is 2.96. The number of hydrogen-bond acceptors (Lipinski definition) is 3. The molecule has 0 saturated heterocycles. The molecule has 0 unspecified atom stereocenters. The highest BCUT2D eigenvalue weighted by molar-refractivity contribution is 6.33. The van der Waals surface area contributed by atoms with Gasteiger partial charge < -0.3 is 9.64 Å². The lowest BCUT2D eigenvalue weighted by Crippen LogP contribution is -2.37. The summed E-state index contributed by atoms with van der Waals surface area (Å²) >= 11 is 5.77. The number of carbonyl (C=O) groups excluding carboxylic acids is 2. The van der Waals surface area contributed by atoms with E-state index in [1.165, 1.54) is 4.90 Å². The summed E-state index contributed by atoms with van der Waals surface area (Å²) in [7, 11) is 0. The third kappa shape index (κ3) is 4.67. The maximum atomic E-state index is 13.3. The van der Waals surface area contributed by atoms with Crippen LogP contribution in [0, 0.1) is 11.6 Å². The van der Waals surface area contributed by atoms with E-state index in [0.717, 1.165) is 12.1 Å². The number of ether oxygens (including phenoxy) is 1. The van der Waals surface area contributed by atoms with Crippen molar-refractivity contribution in [2.75, 3.05) is 19.7 Å². The Balaban J connectivity index is 3.00. The van der Waals surface area contributed by atoms with E-state index in [-0.39, 0.29) is 30.3 Å². The van der Waals surface area contributed by atoms with Crippen molar-refractivity contribution in [1.29, 1.82) is 0 Å². The van der Waals surface area contributed by atoms with Crippen molar-refractivity contribution >= 4 is 23.5 Å². The summed E-state index contributed by atoms with van der Waals surface area (Å²) < 4.78 is 31.1. The van der Waals surface area contributed by atoms with Gasteiger partial charge in [-0.3, -0.25) is 9.59 Å². The zero-order valence-corrected chi connectivity index (χ0v) is 12.5.